The Hall–Kier alpha value is -1.91. The first-order valence-corrected chi connectivity index (χ1v) is 6.85. The minimum absolute atomic E-state index is 0.0343. The van der Waals surface area contributed by atoms with Gasteiger partial charge in [0.05, 0.1) is 11.6 Å². The number of nitrogens with two attached hydrogens (primary N) is 1. The summed E-state index contributed by atoms with van der Waals surface area (Å²) < 4.78 is 22.5. The number of carbonyl (C=O) groups is 1. The summed E-state index contributed by atoms with van der Waals surface area (Å²) >= 11 is 0. The smallest absolute Gasteiger partial charge is 0.228 e. The van der Waals surface area contributed by atoms with Crippen LogP contribution in [0.4, 0.5) is 5.69 Å². The summed E-state index contributed by atoms with van der Waals surface area (Å²) in [6.45, 7) is 0.0343. The molecule has 0 spiro atoms. The van der Waals surface area contributed by atoms with E-state index in [9.17, 15) is 13.2 Å². The first-order valence-electron chi connectivity index (χ1n) is 5.24. The van der Waals surface area contributed by atoms with Crippen LogP contribution in [0.15, 0.2) is 24.3 Å². The number of nitriles is 1. The Morgan fingerprint density at radius 2 is 2.17 bits per heavy atom. The Kier molecular flexibility index (Phi) is 3.07. The fourth-order valence-electron chi connectivity index (χ4n) is 1.89. The van der Waals surface area contributed by atoms with E-state index < -0.39 is 15.3 Å². The summed E-state index contributed by atoms with van der Waals surface area (Å²) in [7, 11) is -3.72. The number of sulfonamides is 1. The summed E-state index contributed by atoms with van der Waals surface area (Å²) in [6, 6.07) is 8.42. The van der Waals surface area contributed by atoms with Crippen molar-refractivity contribution in [3.8, 4) is 6.07 Å². The topological polar surface area (TPSA) is 104 Å². The highest BCUT2D eigenvalue weighted by Crippen LogP contribution is 2.24. The minimum Gasteiger partial charge on any atom is -0.311 e. The van der Waals surface area contributed by atoms with E-state index in [0.29, 0.717) is 11.3 Å². The summed E-state index contributed by atoms with van der Waals surface area (Å²) in [5.41, 5.74) is 0.935. The van der Waals surface area contributed by atoms with Crippen molar-refractivity contribution < 1.29 is 13.2 Å². The number of nitrogens with zero attached hydrogens (tertiary/aromatic N) is 2. The lowest BCUT2D eigenvalue weighted by atomic mass is 10.2. The van der Waals surface area contributed by atoms with Gasteiger partial charge in [0, 0.05) is 18.7 Å². The van der Waals surface area contributed by atoms with E-state index in [0.717, 1.165) is 0 Å². The van der Waals surface area contributed by atoms with E-state index in [2.05, 4.69) is 0 Å². The zero-order valence-electron chi connectivity index (χ0n) is 9.41. The monoisotopic (exact) mass is 265 g/mol. The zero-order chi connectivity index (χ0) is 13.3. The van der Waals surface area contributed by atoms with Gasteiger partial charge in [0.15, 0.2) is 0 Å². The molecule has 0 bridgehead atoms. The number of carbonyl (C=O) groups excluding carboxylic acids is 1. The van der Waals surface area contributed by atoms with Gasteiger partial charge < -0.3 is 4.90 Å². The van der Waals surface area contributed by atoms with Crippen molar-refractivity contribution in [3.63, 3.8) is 0 Å². The van der Waals surface area contributed by atoms with Crippen LogP contribution in [-0.2, 0) is 14.8 Å². The van der Waals surface area contributed by atoms with Crippen molar-refractivity contribution in [2.45, 2.75) is 11.7 Å². The minimum atomic E-state index is -3.72. The van der Waals surface area contributed by atoms with Crippen molar-refractivity contribution in [1.82, 2.24) is 0 Å². The summed E-state index contributed by atoms with van der Waals surface area (Å²) in [5, 5.41) is 12.9. The lowest BCUT2D eigenvalue weighted by molar-refractivity contribution is -0.117. The van der Waals surface area contributed by atoms with Crippen molar-refractivity contribution >= 4 is 21.6 Å². The molecule has 1 atom stereocenters. The number of hydrogen-bond donors (Lipinski definition) is 1. The van der Waals surface area contributed by atoms with Crippen LogP contribution in [0.3, 0.4) is 0 Å². The maximum absolute atomic E-state index is 11.8. The molecule has 0 saturated carbocycles. The SMILES string of the molecule is N#Cc1cccc(N2CC(S(N)(=O)=O)CC2=O)c1. The van der Waals surface area contributed by atoms with Gasteiger partial charge >= 0.3 is 0 Å². The number of benzene rings is 1. The molecular formula is C11H11N3O3S. The highest BCUT2D eigenvalue weighted by Gasteiger charge is 2.37. The number of rotatable bonds is 2. The molecule has 1 unspecified atom stereocenters. The van der Waals surface area contributed by atoms with Crippen molar-refractivity contribution in [3.05, 3.63) is 29.8 Å². The van der Waals surface area contributed by atoms with Gasteiger partial charge in [0.25, 0.3) is 0 Å². The number of primary sulfonamides is 1. The molecular weight excluding hydrogens is 254 g/mol. The largest absolute Gasteiger partial charge is 0.311 e. The Balaban J connectivity index is 2.30. The van der Waals surface area contributed by atoms with Gasteiger partial charge in [-0.05, 0) is 18.2 Å². The Labute approximate surface area is 105 Å². The molecule has 94 valence electrons. The molecule has 1 heterocycles. The molecule has 1 fully saturated rings. The highest BCUT2D eigenvalue weighted by molar-refractivity contribution is 7.89. The average Bonchev–Trinajstić information content (AvgIpc) is 2.71. The van der Waals surface area contributed by atoms with Gasteiger partial charge in [-0.15, -0.1) is 0 Å². The molecule has 1 aromatic carbocycles. The molecule has 18 heavy (non-hydrogen) atoms. The van der Waals surface area contributed by atoms with Crippen LogP contribution >= 0.6 is 0 Å². The summed E-state index contributed by atoms with van der Waals surface area (Å²) in [5.74, 6) is -0.302. The summed E-state index contributed by atoms with van der Waals surface area (Å²) in [6.07, 6.45) is -0.115. The van der Waals surface area contributed by atoms with Crippen LogP contribution < -0.4 is 10.0 Å². The molecule has 0 aliphatic carbocycles. The predicted molar refractivity (Wildman–Crippen MR) is 65.0 cm³/mol. The van der Waals surface area contributed by atoms with E-state index in [1.807, 2.05) is 6.07 Å². The normalized spacial score (nSPS) is 19.9. The van der Waals surface area contributed by atoms with Gasteiger partial charge in [-0.1, -0.05) is 6.07 Å². The fraction of sp³-hybridized carbons (Fsp3) is 0.273. The van der Waals surface area contributed by atoms with E-state index in [1.165, 1.54) is 4.90 Å². The first-order chi connectivity index (χ1) is 8.41. The third-order valence-corrected chi connectivity index (χ3v) is 4.09. The number of anilines is 1. The Morgan fingerprint density at radius 3 is 2.72 bits per heavy atom. The number of hydrogen-bond acceptors (Lipinski definition) is 4. The average molecular weight is 265 g/mol. The van der Waals surface area contributed by atoms with Crippen LogP contribution in [0.5, 0.6) is 0 Å². The van der Waals surface area contributed by atoms with E-state index >= 15 is 0 Å². The second kappa shape index (κ2) is 4.40. The zero-order valence-corrected chi connectivity index (χ0v) is 10.2. The fourth-order valence-corrected chi connectivity index (χ4v) is 2.62. The lowest BCUT2D eigenvalue weighted by Crippen LogP contribution is -2.32. The van der Waals surface area contributed by atoms with Crippen LogP contribution in [0, 0.1) is 11.3 Å². The second-order valence-electron chi connectivity index (χ2n) is 4.08. The molecule has 1 aliphatic heterocycles. The van der Waals surface area contributed by atoms with E-state index in [4.69, 9.17) is 10.4 Å². The molecule has 1 amide bonds. The third-order valence-electron chi connectivity index (χ3n) is 2.84. The summed E-state index contributed by atoms with van der Waals surface area (Å²) in [4.78, 5) is 13.1. The molecule has 2 N–H and O–H groups in total. The third kappa shape index (κ3) is 2.34. The predicted octanol–water partition coefficient (Wildman–Crippen LogP) is -0.0479. The molecule has 6 nitrogen and oxygen atoms in total. The maximum atomic E-state index is 11.8. The van der Waals surface area contributed by atoms with E-state index in [-0.39, 0.29) is 18.9 Å². The van der Waals surface area contributed by atoms with Crippen LogP contribution in [0.1, 0.15) is 12.0 Å². The molecule has 1 aromatic rings. The van der Waals surface area contributed by atoms with Gasteiger partial charge in [0.1, 0.15) is 5.25 Å². The first kappa shape index (κ1) is 12.5. The standard InChI is InChI=1S/C11H11N3O3S/c12-6-8-2-1-3-9(4-8)14-7-10(5-11(14)15)18(13,16)17/h1-4,10H,5,7H2,(H2,13,16,17). The Morgan fingerprint density at radius 1 is 1.44 bits per heavy atom. The quantitative estimate of drug-likeness (QED) is 0.809. The van der Waals surface area contributed by atoms with Crippen LogP contribution in [0.25, 0.3) is 0 Å². The van der Waals surface area contributed by atoms with Crippen LogP contribution in [0.2, 0.25) is 0 Å². The maximum Gasteiger partial charge on any atom is 0.228 e. The lowest BCUT2D eigenvalue weighted by Gasteiger charge is -2.16. The van der Waals surface area contributed by atoms with Gasteiger partial charge in [0.2, 0.25) is 15.9 Å². The van der Waals surface area contributed by atoms with Crippen molar-refractivity contribution in [1.29, 1.82) is 5.26 Å². The highest BCUT2D eigenvalue weighted by atomic mass is 32.2. The van der Waals surface area contributed by atoms with Crippen molar-refractivity contribution in [2.24, 2.45) is 5.14 Å². The molecule has 7 heteroatoms. The Bertz CT molecular complexity index is 633. The molecule has 1 saturated heterocycles. The molecule has 0 radical (unpaired) electrons. The van der Waals surface area contributed by atoms with Gasteiger partial charge in [-0.25, -0.2) is 13.6 Å². The second-order valence-corrected chi connectivity index (χ2v) is 5.93. The van der Waals surface area contributed by atoms with Gasteiger partial charge in [-0.2, -0.15) is 5.26 Å². The van der Waals surface area contributed by atoms with Crippen molar-refractivity contribution in [2.75, 3.05) is 11.4 Å². The molecule has 2 rings (SSSR count). The number of amides is 1. The van der Waals surface area contributed by atoms with Gasteiger partial charge in [-0.3, -0.25) is 4.79 Å². The van der Waals surface area contributed by atoms with E-state index in [1.54, 1.807) is 24.3 Å². The molecule has 0 aromatic heterocycles. The van der Waals surface area contributed by atoms with Crippen LogP contribution in [-0.4, -0.2) is 26.1 Å². The molecule has 1 aliphatic rings.